The Hall–Kier alpha value is -3.08. The quantitative estimate of drug-likeness (QED) is 0.674. The number of hydrogen-bond donors (Lipinski definition) is 0. The third-order valence-corrected chi connectivity index (χ3v) is 4.54. The Morgan fingerprint density at radius 2 is 2.00 bits per heavy atom. The second-order valence-electron chi connectivity index (χ2n) is 6.03. The number of hydrogen-bond acceptors (Lipinski definition) is 4. The molecule has 1 aromatic heterocycles. The van der Waals surface area contributed by atoms with Gasteiger partial charge in [-0.15, -0.1) is 0 Å². The van der Waals surface area contributed by atoms with E-state index in [1.807, 2.05) is 24.3 Å². The molecule has 5 nitrogen and oxygen atoms in total. The lowest BCUT2D eigenvalue weighted by molar-refractivity contribution is 0.0986. The molecule has 0 radical (unpaired) electrons. The Labute approximate surface area is 144 Å². The monoisotopic (exact) mass is 335 g/mol. The van der Waals surface area contributed by atoms with Crippen LogP contribution in [0.2, 0.25) is 0 Å². The van der Waals surface area contributed by atoms with Crippen LogP contribution < -0.4 is 15.3 Å². The third-order valence-electron chi connectivity index (χ3n) is 4.54. The molecule has 0 N–H and O–H groups in total. The van der Waals surface area contributed by atoms with Crippen molar-refractivity contribution in [3.8, 4) is 5.75 Å². The second kappa shape index (κ2) is 6.09. The van der Waals surface area contributed by atoms with E-state index in [0.717, 1.165) is 24.1 Å². The smallest absolute Gasteiger partial charge is 0.337 e. The second-order valence-corrected chi connectivity index (χ2v) is 6.03. The van der Waals surface area contributed by atoms with Crippen LogP contribution in [0.4, 0.5) is 5.69 Å². The van der Waals surface area contributed by atoms with E-state index in [1.165, 1.54) is 6.07 Å². The first kappa shape index (κ1) is 15.4. The van der Waals surface area contributed by atoms with Gasteiger partial charge in [0.25, 0.3) is 5.91 Å². The maximum Gasteiger partial charge on any atom is 0.337 e. The molecule has 0 bridgehead atoms. The van der Waals surface area contributed by atoms with E-state index in [-0.39, 0.29) is 5.91 Å². The molecule has 1 aliphatic rings. The molecule has 0 fully saturated rings. The summed E-state index contributed by atoms with van der Waals surface area (Å²) < 4.78 is 10.4. The number of ether oxygens (including phenoxy) is 1. The summed E-state index contributed by atoms with van der Waals surface area (Å²) in [6.45, 7) is 0.633. The third kappa shape index (κ3) is 2.67. The van der Waals surface area contributed by atoms with Gasteiger partial charge in [-0.25, -0.2) is 4.79 Å². The summed E-state index contributed by atoms with van der Waals surface area (Å²) in [5.74, 6) is 0.388. The van der Waals surface area contributed by atoms with Crippen LogP contribution in [0.25, 0.3) is 11.0 Å². The summed E-state index contributed by atoms with van der Waals surface area (Å²) >= 11 is 0. The Morgan fingerprint density at radius 3 is 2.84 bits per heavy atom. The van der Waals surface area contributed by atoms with Gasteiger partial charge in [-0.2, -0.15) is 0 Å². The SMILES string of the molecule is COc1ccc2c(C(=O)N3CCCc4ccccc43)cc(=O)oc2c1. The molecule has 0 saturated carbocycles. The van der Waals surface area contributed by atoms with Crippen LogP contribution in [-0.4, -0.2) is 19.6 Å². The van der Waals surface area contributed by atoms with Crippen LogP contribution >= 0.6 is 0 Å². The molecule has 1 aliphatic heterocycles. The number of benzene rings is 2. The van der Waals surface area contributed by atoms with Gasteiger partial charge in [0.2, 0.25) is 0 Å². The maximum absolute atomic E-state index is 13.2. The molecule has 2 aromatic carbocycles. The van der Waals surface area contributed by atoms with Crippen molar-refractivity contribution in [3.63, 3.8) is 0 Å². The lowest BCUT2D eigenvalue weighted by Crippen LogP contribution is -2.36. The van der Waals surface area contributed by atoms with Crippen LogP contribution in [-0.2, 0) is 6.42 Å². The first-order chi connectivity index (χ1) is 12.2. The van der Waals surface area contributed by atoms with Crippen molar-refractivity contribution >= 4 is 22.6 Å². The van der Waals surface area contributed by atoms with Gasteiger partial charge in [-0.3, -0.25) is 4.79 Å². The van der Waals surface area contributed by atoms with E-state index in [0.29, 0.717) is 28.8 Å². The highest BCUT2D eigenvalue weighted by molar-refractivity contribution is 6.13. The first-order valence-corrected chi connectivity index (χ1v) is 8.19. The van der Waals surface area contributed by atoms with Gasteiger partial charge >= 0.3 is 5.63 Å². The van der Waals surface area contributed by atoms with Crippen LogP contribution in [0.5, 0.6) is 5.75 Å². The van der Waals surface area contributed by atoms with Crippen LogP contribution in [0, 0.1) is 0 Å². The average Bonchev–Trinajstić information content (AvgIpc) is 2.65. The summed E-state index contributed by atoms with van der Waals surface area (Å²) in [5.41, 5.74) is 2.21. The van der Waals surface area contributed by atoms with E-state index >= 15 is 0 Å². The first-order valence-electron chi connectivity index (χ1n) is 8.19. The van der Waals surface area contributed by atoms with E-state index in [2.05, 4.69) is 0 Å². The number of aryl methyl sites for hydroxylation is 1. The standard InChI is InChI=1S/C20H17NO4/c1-24-14-8-9-15-16(12-19(22)25-18(15)11-14)20(23)21-10-4-6-13-5-2-3-7-17(13)21/h2-3,5,7-9,11-12H,4,6,10H2,1H3. The fraction of sp³-hybridized carbons (Fsp3) is 0.200. The number of para-hydroxylation sites is 1. The number of anilines is 1. The minimum absolute atomic E-state index is 0.185. The minimum Gasteiger partial charge on any atom is -0.497 e. The lowest BCUT2D eigenvalue weighted by atomic mass is 10.00. The number of nitrogens with zero attached hydrogens (tertiary/aromatic N) is 1. The molecule has 2 heterocycles. The van der Waals surface area contributed by atoms with Crippen molar-refractivity contribution in [3.05, 3.63) is 70.1 Å². The molecule has 4 rings (SSSR count). The molecule has 126 valence electrons. The normalized spacial score (nSPS) is 13.6. The molecular weight excluding hydrogens is 318 g/mol. The summed E-state index contributed by atoms with van der Waals surface area (Å²) in [7, 11) is 1.54. The number of amides is 1. The van der Waals surface area contributed by atoms with Gasteiger partial charge in [0.15, 0.2) is 0 Å². The Balaban J connectivity index is 1.85. The van der Waals surface area contributed by atoms with Crippen molar-refractivity contribution in [1.82, 2.24) is 0 Å². The van der Waals surface area contributed by atoms with Crippen molar-refractivity contribution in [2.45, 2.75) is 12.8 Å². The van der Waals surface area contributed by atoms with Crippen molar-refractivity contribution in [1.29, 1.82) is 0 Å². The molecule has 0 spiro atoms. The highest BCUT2D eigenvalue weighted by atomic mass is 16.5. The van der Waals surface area contributed by atoms with E-state index in [9.17, 15) is 9.59 Å². The van der Waals surface area contributed by atoms with Crippen molar-refractivity contribution in [2.24, 2.45) is 0 Å². The molecule has 0 atom stereocenters. The molecule has 25 heavy (non-hydrogen) atoms. The van der Waals surface area contributed by atoms with Gasteiger partial charge in [0.05, 0.1) is 12.7 Å². The molecular formula is C20H17NO4. The topological polar surface area (TPSA) is 59.8 Å². The Morgan fingerprint density at radius 1 is 1.16 bits per heavy atom. The maximum atomic E-state index is 13.2. The molecule has 5 heteroatoms. The van der Waals surface area contributed by atoms with Crippen LogP contribution in [0.1, 0.15) is 22.3 Å². The van der Waals surface area contributed by atoms with E-state index in [1.54, 1.807) is 30.2 Å². The Bertz CT molecular complexity index is 1020. The van der Waals surface area contributed by atoms with Crippen molar-refractivity contribution in [2.75, 3.05) is 18.6 Å². The summed E-state index contributed by atoms with van der Waals surface area (Å²) in [5, 5.41) is 0.605. The number of methoxy groups -OCH3 is 1. The van der Waals surface area contributed by atoms with Gasteiger partial charge in [-0.1, -0.05) is 18.2 Å². The zero-order valence-electron chi connectivity index (χ0n) is 13.8. The fourth-order valence-corrected chi connectivity index (χ4v) is 3.34. The summed E-state index contributed by atoms with van der Waals surface area (Å²) in [6, 6.07) is 14.3. The lowest BCUT2D eigenvalue weighted by Gasteiger charge is -2.29. The Kier molecular flexibility index (Phi) is 3.76. The van der Waals surface area contributed by atoms with E-state index < -0.39 is 5.63 Å². The zero-order valence-corrected chi connectivity index (χ0v) is 13.8. The van der Waals surface area contributed by atoms with Gasteiger partial charge in [0, 0.05) is 29.8 Å². The van der Waals surface area contributed by atoms with Gasteiger partial charge in [-0.05, 0) is 36.6 Å². The average molecular weight is 335 g/mol. The van der Waals surface area contributed by atoms with Gasteiger partial charge in [0.1, 0.15) is 11.3 Å². The van der Waals surface area contributed by atoms with Crippen molar-refractivity contribution < 1.29 is 13.9 Å². The van der Waals surface area contributed by atoms with Crippen LogP contribution in [0.15, 0.2) is 57.7 Å². The highest BCUT2D eigenvalue weighted by Gasteiger charge is 2.25. The number of rotatable bonds is 2. The molecule has 3 aromatic rings. The zero-order chi connectivity index (χ0) is 17.4. The molecule has 0 aliphatic carbocycles. The predicted octanol–water partition coefficient (Wildman–Crippen LogP) is 3.39. The summed E-state index contributed by atoms with van der Waals surface area (Å²) in [4.78, 5) is 26.9. The minimum atomic E-state index is -0.547. The fourth-order valence-electron chi connectivity index (χ4n) is 3.34. The van der Waals surface area contributed by atoms with Gasteiger partial charge < -0.3 is 14.1 Å². The molecule has 0 saturated heterocycles. The summed E-state index contributed by atoms with van der Waals surface area (Å²) in [6.07, 6.45) is 1.85. The number of fused-ring (bicyclic) bond motifs is 2. The predicted molar refractivity (Wildman–Crippen MR) is 95.5 cm³/mol. The van der Waals surface area contributed by atoms with E-state index in [4.69, 9.17) is 9.15 Å². The molecule has 1 amide bonds. The molecule has 0 unspecified atom stereocenters. The van der Waals surface area contributed by atoms with Crippen LogP contribution in [0.3, 0.4) is 0 Å². The largest absolute Gasteiger partial charge is 0.497 e. The number of carbonyl (C=O) groups excluding carboxylic acids is 1. The highest BCUT2D eigenvalue weighted by Crippen LogP contribution is 2.30. The number of carbonyl (C=O) groups is 1.